The summed E-state index contributed by atoms with van der Waals surface area (Å²) >= 11 is 5.75. The summed E-state index contributed by atoms with van der Waals surface area (Å²) in [4.78, 5) is 21.7. The summed E-state index contributed by atoms with van der Waals surface area (Å²) in [6, 6.07) is 3.30. The van der Waals surface area contributed by atoms with E-state index in [0.29, 0.717) is 6.54 Å². The highest BCUT2D eigenvalue weighted by Gasteiger charge is 2.20. The first kappa shape index (κ1) is 16.4. The van der Waals surface area contributed by atoms with E-state index < -0.39 is 28.4 Å². The van der Waals surface area contributed by atoms with Crippen LogP contribution in [0.15, 0.2) is 23.1 Å². The van der Waals surface area contributed by atoms with Crippen molar-refractivity contribution in [1.29, 1.82) is 0 Å². The minimum Gasteiger partial charge on any atom is -0.478 e. The van der Waals surface area contributed by atoms with Crippen LogP contribution in [0.25, 0.3) is 0 Å². The monoisotopic (exact) mass is 320 g/mol. The van der Waals surface area contributed by atoms with Crippen molar-refractivity contribution in [3.8, 4) is 0 Å². The lowest BCUT2D eigenvalue weighted by Crippen LogP contribution is -2.36. The van der Waals surface area contributed by atoms with Crippen LogP contribution >= 0.6 is 11.6 Å². The minimum atomic E-state index is -4.07. The van der Waals surface area contributed by atoms with Gasteiger partial charge in [-0.25, -0.2) is 17.9 Å². The molecule has 0 bridgehead atoms. The van der Waals surface area contributed by atoms with Gasteiger partial charge in [0.25, 0.3) is 0 Å². The van der Waals surface area contributed by atoms with Crippen molar-refractivity contribution < 1.29 is 23.1 Å². The highest BCUT2D eigenvalue weighted by molar-refractivity contribution is 7.89. The Morgan fingerprint density at radius 2 is 2.00 bits per heavy atom. The molecule has 0 unspecified atom stereocenters. The summed E-state index contributed by atoms with van der Waals surface area (Å²) in [6.07, 6.45) is 0. The van der Waals surface area contributed by atoms with Crippen LogP contribution < -0.4 is 10.0 Å². The Morgan fingerprint density at radius 1 is 1.35 bits per heavy atom. The van der Waals surface area contributed by atoms with Crippen LogP contribution in [0.2, 0.25) is 5.02 Å². The first-order valence-electron chi connectivity index (χ1n) is 5.57. The van der Waals surface area contributed by atoms with E-state index in [1.54, 1.807) is 6.92 Å². The predicted octanol–water partition coefficient (Wildman–Crippen LogP) is 0.453. The maximum atomic E-state index is 12.0. The van der Waals surface area contributed by atoms with Crippen molar-refractivity contribution >= 4 is 33.5 Å². The zero-order valence-electron chi connectivity index (χ0n) is 10.5. The number of nitrogens with one attached hydrogen (secondary N) is 2. The summed E-state index contributed by atoms with van der Waals surface area (Å²) in [5, 5.41) is 11.1. The van der Waals surface area contributed by atoms with Crippen molar-refractivity contribution in [3.05, 3.63) is 28.8 Å². The fourth-order valence-electron chi connectivity index (χ4n) is 1.34. The van der Waals surface area contributed by atoms with Gasteiger partial charge in [-0.3, -0.25) is 4.79 Å². The molecule has 0 saturated heterocycles. The second-order valence-corrected chi connectivity index (χ2v) is 5.87. The van der Waals surface area contributed by atoms with Crippen molar-refractivity contribution in [2.24, 2.45) is 0 Å². The normalized spacial score (nSPS) is 11.1. The smallest absolute Gasteiger partial charge is 0.335 e. The minimum absolute atomic E-state index is 0.126. The number of likely N-dealkylation sites (N-methyl/N-ethyl adjacent to an activating group) is 1. The quantitative estimate of drug-likeness (QED) is 0.704. The number of amides is 1. The fourth-order valence-corrected chi connectivity index (χ4v) is 2.85. The van der Waals surface area contributed by atoms with E-state index in [9.17, 15) is 18.0 Å². The standard InChI is InChI=1S/C11H13ClN2O5S/c1-2-13-10(15)6-14-20(18,19)9-5-7(11(16)17)3-4-8(9)12/h3-5,14H,2,6H2,1H3,(H,13,15)(H,16,17). The molecule has 3 N–H and O–H groups in total. The molecule has 0 saturated carbocycles. The number of aromatic carboxylic acids is 1. The Hall–Kier alpha value is -1.64. The summed E-state index contributed by atoms with van der Waals surface area (Å²) in [5.41, 5.74) is -0.215. The van der Waals surface area contributed by atoms with Gasteiger partial charge in [0.15, 0.2) is 0 Å². The molecule has 0 aliphatic rings. The Kier molecular flexibility index (Phi) is 5.49. The van der Waals surface area contributed by atoms with Gasteiger partial charge in [-0.2, -0.15) is 0 Å². The molecule has 20 heavy (non-hydrogen) atoms. The van der Waals surface area contributed by atoms with Gasteiger partial charge in [-0.05, 0) is 25.1 Å². The van der Waals surface area contributed by atoms with Gasteiger partial charge in [-0.1, -0.05) is 11.6 Å². The molecule has 9 heteroatoms. The van der Waals surface area contributed by atoms with E-state index in [1.807, 2.05) is 4.72 Å². The van der Waals surface area contributed by atoms with Gasteiger partial charge in [0.2, 0.25) is 15.9 Å². The number of sulfonamides is 1. The number of benzene rings is 1. The van der Waals surface area contributed by atoms with E-state index in [1.165, 1.54) is 12.1 Å². The maximum Gasteiger partial charge on any atom is 0.335 e. The average Bonchev–Trinajstić information content (AvgIpc) is 2.37. The fraction of sp³-hybridized carbons (Fsp3) is 0.273. The molecule has 0 aliphatic heterocycles. The molecule has 0 aromatic heterocycles. The second kappa shape index (κ2) is 6.69. The lowest BCUT2D eigenvalue weighted by atomic mass is 10.2. The predicted molar refractivity (Wildman–Crippen MR) is 72.3 cm³/mol. The topological polar surface area (TPSA) is 113 Å². The number of hydrogen-bond donors (Lipinski definition) is 3. The van der Waals surface area contributed by atoms with E-state index >= 15 is 0 Å². The molecule has 0 atom stereocenters. The van der Waals surface area contributed by atoms with Gasteiger partial charge in [0.05, 0.1) is 17.1 Å². The number of carbonyl (C=O) groups excluding carboxylic acids is 1. The molecule has 0 radical (unpaired) electrons. The van der Waals surface area contributed by atoms with Crippen LogP contribution in [0.1, 0.15) is 17.3 Å². The van der Waals surface area contributed by atoms with E-state index in [4.69, 9.17) is 16.7 Å². The lowest BCUT2D eigenvalue weighted by Gasteiger charge is -2.09. The largest absolute Gasteiger partial charge is 0.478 e. The van der Waals surface area contributed by atoms with Crippen LogP contribution in [0.5, 0.6) is 0 Å². The molecule has 0 heterocycles. The van der Waals surface area contributed by atoms with E-state index in [0.717, 1.165) is 6.07 Å². The van der Waals surface area contributed by atoms with E-state index in [-0.39, 0.29) is 15.5 Å². The van der Waals surface area contributed by atoms with Crippen molar-refractivity contribution in [2.75, 3.05) is 13.1 Å². The molecular weight excluding hydrogens is 308 g/mol. The SMILES string of the molecule is CCNC(=O)CNS(=O)(=O)c1cc(C(=O)O)ccc1Cl. The van der Waals surface area contributed by atoms with Crippen molar-refractivity contribution in [3.63, 3.8) is 0 Å². The van der Waals surface area contributed by atoms with Crippen LogP contribution in [0, 0.1) is 0 Å². The molecular formula is C11H13ClN2O5S. The summed E-state index contributed by atoms with van der Waals surface area (Å²) in [6.45, 7) is 1.61. The van der Waals surface area contributed by atoms with Gasteiger partial charge in [0.1, 0.15) is 4.90 Å². The van der Waals surface area contributed by atoms with Crippen LogP contribution in [-0.4, -0.2) is 38.5 Å². The zero-order valence-corrected chi connectivity index (χ0v) is 12.1. The first-order chi connectivity index (χ1) is 9.27. The number of hydrogen-bond acceptors (Lipinski definition) is 4. The number of carboxylic acids is 1. The van der Waals surface area contributed by atoms with Crippen LogP contribution in [0.3, 0.4) is 0 Å². The molecule has 0 fully saturated rings. The van der Waals surface area contributed by atoms with Crippen molar-refractivity contribution in [2.45, 2.75) is 11.8 Å². The number of rotatable bonds is 6. The molecule has 7 nitrogen and oxygen atoms in total. The molecule has 1 amide bonds. The van der Waals surface area contributed by atoms with Gasteiger partial charge in [0, 0.05) is 6.54 Å². The number of carboxylic acid groups (broad SMARTS) is 1. The third-order valence-corrected chi connectivity index (χ3v) is 4.15. The Bertz CT molecular complexity index is 630. The molecule has 0 spiro atoms. The summed E-state index contributed by atoms with van der Waals surface area (Å²) < 4.78 is 26.0. The Balaban J connectivity index is 3.00. The molecule has 1 rings (SSSR count). The van der Waals surface area contributed by atoms with Gasteiger partial charge >= 0.3 is 5.97 Å². The van der Waals surface area contributed by atoms with Crippen LogP contribution in [0.4, 0.5) is 0 Å². The maximum absolute atomic E-state index is 12.0. The van der Waals surface area contributed by atoms with Crippen LogP contribution in [-0.2, 0) is 14.8 Å². The third kappa shape index (κ3) is 4.19. The lowest BCUT2D eigenvalue weighted by molar-refractivity contribution is -0.119. The van der Waals surface area contributed by atoms with Gasteiger partial charge in [-0.15, -0.1) is 0 Å². The third-order valence-electron chi connectivity index (χ3n) is 2.26. The second-order valence-electron chi connectivity index (χ2n) is 3.73. The highest BCUT2D eigenvalue weighted by Crippen LogP contribution is 2.22. The van der Waals surface area contributed by atoms with Gasteiger partial charge < -0.3 is 10.4 Å². The molecule has 110 valence electrons. The average molecular weight is 321 g/mol. The highest BCUT2D eigenvalue weighted by atomic mass is 35.5. The first-order valence-corrected chi connectivity index (χ1v) is 7.43. The number of halogens is 1. The van der Waals surface area contributed by atoms with E-state index in [2.05, 4.69) is 5.32 Å². The van der Waals surface area contributed by atoms with Crippen molar-refractivity contribution in [1.82, 2.24) is 10.0 Å². The zero-order chi connectivity index (χ0) is 15.3. The summed E-state index contributed by atoms with van der Waals surface area (Å²) in [7, 11) is -4.07. The Morgan fingerprint density at radius 3 is 2.55 bits per heavy atom. The Labute approximate surface area is 121 Å². The molecule has 1 aromatic carbocycles. The molecule has 1 aromatic rings. The number of carbonyl (C=O) groups is 2. The molecule has 0 aliphatic carbocycles. The summed E-state index contributed by atoms with van der Waals surface area (Å²) in [5.74, 6) is -1.77.